The summed E-state index contributed by atoms with van der Waals surface area (Å²) in [5.74, 6) is 0.325. The van der Waals surface area contributed by atoms with Crippen molar-refractivity contribution < 1.29 is 4.79 Å². The van der Waals surface area contributed by atoms with Gasteiger partial charge in [-0.1, -0.05) is 38.1 Å². The average molecular weight is 427 g/mol. The van der Waals surface area contributed by atoms with E-state index >= 15 is 0 Å². The maximum atomic E-state index is 12.9. The lowest BCUT2D eigenvalue weighted by atomic mass is 9.98. The number of amides is 1. The molecule has 7 nitrogen and oxygen atoms in total. The van der Waals surface area contributed by atoms with Gasteiger partial charge >= 0.3 is 0 Å². The molecule has 1 unspecified atom stereocenters. The minimum Gasteiger partial charge on any atom is -0.398 e. The molecule has 1 amide bonds. The number of carbonyl (C=O) groups is 1. The van der Waals surface area contributed by atoms with Gasteiger partial charge in [0.1, 0.15) is 0 Å². The molecule has 2 aromatic carbocycles. The summed E-state index contributed by atoms with van der Waals surface area (Å²) >= 11 is 0. The standard InChI is InChI=1S/C25H26N6O/c1-14(2)17-5-4-6-18(11-17)15(3)29-25(32)24-30-21-12-19(20(26)13-22(21)31-24)23(27)16-7-9-28-10-8-16/h4-15,27H,26H2,1-3H3,(H,29,32)(H,30,31). The second kappa shape index (κ2) is 8.63. The molecule has 0 spiro atoms. The highest BCUT2D eigenvalue weighted by molar-refractivity contribution is 6.15. The Kier molecular flexibility index (Phi) is 5.73. The van der Waals surface area contributed by atoms with Crippen molar-refractivity contribution in [1.82, 2.24) is 20.3 Å². The van der Waals surface area contributed by atoms with Crippen LogP contribution in [0.15, 0.2) is 60.9 Å². The number of imidazole rings is 1. The number of pyridine rings is 1. The normalized spacial score (nSPS) is 12.1. The predicted molar refractivity (Wildman–Crippen MR) is 127 cm³/mol. The highest BCUT2D eigenvalue weighted by Gasteiger charge is 2.18. The number of aromatic amines is 1. The molecular formula is C25H26N6O. The number of nitrogens with one attached hydrogen (secondary N) is 3. The lowest BCUT2D eigenvalue weighted by Crippen LogP contribution is -2.27. The maximum absolute atomic E-state index is 12.9. The molecule has 0 saturated heterocycles. The lowest BCUT2D eigenvalue weighted by Gasteiger charge is -2.15. The Morgan fingerprint density at radius 3 is 2.50 bits per heavy atom. The number of aromatic nitrogens is 3. The van der Waals surface area contributed by atoms with Crippen molar-refractivity contribution in [2.24, 2.45) is 0 Å². The first-order chi connectivity index (χ1) is 15.3. The number of H-pyrrole nitrogens is 1. The Labute approximate surface area is 186 Å². The molecule has 4 aromatic rings. The second-order valence-corrected chi connectivity index (χ2v) is 8.17. The van der Waals surface area contributed by atoms with E-state index in [9.17, 15) is 4.79 Å². The van der Waals surface area contributed by atoms with Crippen molar-refractivity contribution in [3.8, 4) is 0 Å². The third-order valence-corrected chi connectivity index (χ3v) is 5.53. The minimum atomic E-state index is -0.298. The number of carbonyl (C=O) groups excluding carboxylic acids is 1. The fraction of sp³-hybridized carbons (Fsp3) is 0.200. The lowest BCUT2D eigenvalue weighted by molar-refractivity contribution is 0.0930. The fourth-order valence-electron chi connectivity index (χ4n) is 3.61. The van der Waals surface area contributed by atoms with Crippen molar-refractivity contribution in [2.75, 3.05) is 5.73 Å². The number of benzene rings is 2. The molecule has 1 atom stereocenters. The fourth-order valence-corrected chi connectivity index (χ4v) is 3.61. The number of nitrogens with zero attached hydrogens (tertiary/aromatic N) is 2. The van der Waals surface area contributed by atoms with Crippen LogP contribution < -0.4 is 11.1 Å². The predicted octanol–water partition coefficient (Wildman–Crippen LogP) is 4.57. The Bertz CT molecular complexity index is 1290. The zero-order valence-corrected chi connectivity index (χ0v) is 18.3. The van der Waals surface area contributed by atoms with Gasteiger partial charge < -0.3 is 16.0 Å². The Balaban J connectivity index is 1.58. The summed E-state index contributed by atoms with van der Waals surface area (Å²) < 4.78 is 0. The van der Waals surface area contributed by atoms with Crippen molar-refractivity contribution in [3.05, 3.63) is 89.0 Å². The zero-order valence-electron chi connectivity index (χ0n) is 18.3. The summed E-state index contributed by atoms with van der Waals surface area (Å²) in [6, 6.07) is 15.0. The van der Waals surface area contributed by atoms with Crippen molar-refractivity contribution in [2.45, 2.75) is 32.7 Å². The van der Waals surface area contributed by atoms with Gasteiger partial charge in [0, 0.05) is 29.2 Å². The molecule has 4 rings (SSSR count). The molecule has 0 fully saturated rings. The first kappa shape index (κ1) is 21.2. The molecule has 0 radical (unpaired) electrons. The van der Waals surface area contributed by atoms with Crippen LogP contribution in [0.5, 0.6) is 0 Å². The minimum absolute atomic E-state index is 0.171. The summed E-state index contributed by atoms with van der Waals surface area (Å²) in [4.78, 5) is 24.3. The quantitative estimate of drug-likeness (QED) is 0.266. The number of anilines is 1. The van der Waals surface area contributed by atoms with Crippen molar-refractivity contribution in [3.63, 3.8) is 0 Å². The summed E-state index contributed by atoms with van der Waals surface area (Å²) in [6.45, 7) is 6.24. The van der Waals surface area contributed by atoms with Crippen molar-refractivity contribution in [1.29, 1.82) is 5.41 Å². The van der Waals surface area contributed by atoms with E-state index in [1.807, 2.05) is 19.1 Å². The molecule has 2 aromatic heterocycles. The Hall–Kier alpha value is -4.00. The summed E-state index contributed by atoms with van der Waals surface area (Å²) in [7, 11) is 0. The summed E-state index contributed by atoms with van der Waals surface area (Å²) in [6.07, 6.45) is 3.27. The van der Waals surface area contributed by atoms with E-state index in [0.29, 0.717) is 33.8 Å². The Morgan fingerprint density at radius 1 is 1.06 bits per heavy atom. The Morgan fingerprint density at radius 2 is 1.78 bits per heavy atom. The van der Waals surface area contributed by atoms with E-state index in [0.717, 1.165) is 5.56 Å². The molecule has 0 bridgehead atoms. The number of nitrogen functional groups attached to an aromatic ring is 1. The van der Waals surface area contributed by atoms with E-state index in [1.165, 1.54) is 5.56 Å². The molecule has 7 heteroatoms. The maximum Gasteiger partial charge on any atom is 0.287 e. The average Bonchev–Trinajstić information content (AvgIpc) is 3.21. The van der Waals surface area contributed by atoms with E-state index in [-0.39, 0.29) is 23.5 Å². The van der Waals surface area contributed by atoms with Gasteiger partial charge in [0.15, 0.2) is 5.82 Å². The van der Waals surface area contributed by atoms with Crippen LogP contribution in [0.1, 0.15) is 65.6 Å². The van der Waals surface area contributed by atoms with E-state index in [4.69, 9.17) is 11.1 Å². The van der Waals surface area contributed by atoms with E-state index in [1.54, 1.807) is 36.7 Å². The molecule has 2 heterocycles. The van der Waals surface area contributed by atoms with Crippen LogP contribution in [0.25, 0.3) is 11.0 Å². The monoisotopic (exact) mass is 426 g/mol. The zero-order chi connectivity index (χ0) is 22.8. The molecule has 0 aliphatic heterocycles. The van der Waals surface area contributed by atoms with Gasteiger partial charge in [-0.05, 0) is 48.2 Å². The first-order valence-corrected chi connectivity index (χ1v) is 10.5. The molecule has 5 N–H and O–H groups in total. The molecule has 0 saturated carbocycles. The molecule has 0 aliphatic carbocycles. The third kappa shape index (κ3) is 4.23. The van der Waals surface area contributed by atoms with E-state index in [2.05, 4.69) is 46.2 Å². The van der Waals surface area contributed by atoms with E-state index < -0.39 is 0 Å². The molecular weight excluding hydrogens is 400 g/mol. The van der Waals surface area contributed by atoms with Gasteiger partial charge in [-0.2, -0.15) is 0 Å². The highest BCUT2D eigenvalue weighted by Crippen LogP contribution is 2.24. The number of fused-ring (bicyclic) bond motifs is 1. The highest BCUT2D eigenvalue weighted by atomic mass is 16.2. The second-order valence-electron chi connectivity index (χ2n) is 8.17. The number of rotatable bonds is 6. The smallest absolute Gasteiger partial charge is 0.287 e. The topological polar surface area (TPSA) is 121 Å². The first-order valence-electron chi connectivity index (χ1n) is 10.5. The largest absolute Gasteiger partial charge is 0.398 e. The van der Waals surface area contributed by atoms with Gasteiger partial charge in [0.25, 0.3) is 5.91 Å². The number of hydrogen-bond donors (Lipinski definition) is 4. The van der Waals surface area contributed by atoms with Crippen LogP contribution in [0.4, 0.5) is 5.69 Å². The van der Waals surface area contributed by atoms with Crippen LogP contribution in [0.3, 0.4) is 0 Å². The van der Waals surface area contributed by atoms with Gasteiger partial charge in [-0.15, -0.1) is 0 Å². The number of nitrogens with two attached hydrogens (primary N) is 1. The summed E-state index contributed by atoms with van der Waals surface area (Å²) in [5, 5.41) is 11.5. The van der Waals surface area contributed by atoms with Crippen LogP contribution in [-0.4, -0.2) is 26.6 Å². The van der Waals surface area contributed by atoms with Crippen molar-refractivity contribution >= 4 is 28.3 Å². The third-order valence-electron chi connectivity index (χ3n) is 5.53. The van der Waals surface area contributed by atoms with Gasteiger partial charge in [-0.25, -0.2) is 4.98 Å². The van der Waals surface area contributed by atoms with Crippen LogP contribution in [0, 0.1) is 5.41 Å². The SMILES string of the molecule is CC(C)c1cccc(C(C)NC(=O)c2nc3cc(N)c(C(=N)c4ccncc4)cc3[nH]2)c1. The molecule has 32 heavy (non-hydrogen) atoms. The summed E-state index contributed by atoms with van der Waals surface area (Å²) in [5.41, 5.74) is 11.7. The molecule has 0 aliphatic rings. The number of hydrogen-bond acceptors (Lipinski definition) is 5. The van der Waals surface area contributed by atoms with Gasteiger partial charge in [-0.3, -0.25) is 15.2 Å². The van der Waals surface area contributed by atoms with Crippen LogP contribution in [-0.2, 0) is 0 Å². The van der Waals surface area contributed by atoms with Crippen LogP contribution >= 0.6 is 0 Å². The molecule has 162 valence electrons. The van der Waals surface area contributed by atoms with Gasteiger partial charge in [0.05, 0.1) is 22.8 Å². The van der Waals surface area contributed by atoms with Crippen LogP contribution in [0.2, 0.25) is 0 Å². The van der Waals surface area contributed by atoms with Gasteiger partial charge in [0.2, 0.25) is 0 Å².